The van der Waals surface area contributed by atoms with E-state index in [0.717, 1.165) is 35.7 Å². The molecular formula is C22H25N3O2S. The van der Waals surface area contributed by atoms with Crippen LogP contribution in [-0.4, -0.2) is 22.8 Å². The number of allylic oxidation sites excluding steroid dienone is 4. The molecule has 2 aromatic rings. The summed E-state index contributed by atoms with van der Waals surface area (Å²) < 4.78 is 7.24. The lowest BCUT2D eigenvalue weighted by atomic mass is 9.92. The van der Waals surface area contributed by atoms with Crippen LogP contribution in [0.4, 0.5) is 0 Å². The van der Waals surface area contributed by atoms with E-state index in [9.17, 15) is 4.79 Å². The van der Waals surface area contributed by atoms with Gasteiger partial charge in [0.2, 0.25) is 5.91 Å². The first-order valence-electron chi connectivity index (χ1n) is 9.65. The highest BCUT2D eigenvalue weighted by Crippen LogP contribution is 2.47. The third-order valence-corrected chi connectivity index (χ3v) is 6.47. The number of aryl methyl sites for hydroxylation is 1. The van der Waals surface area contributed by atoms with E-state index in [-0.39, 0.29) is 17.7 Å². The second-order valence-corrected chi connectivity index (χ2v) is 8.38. The fraction of sp³-hybridized carbons (Fsp3) is 0.364. The number of benzene rings is 1. The van der Waals surface area contributed by atoms with Crippen molar-refractivity contribution in [1.82, 2.24) is 9.78 Å². The normalized spacial score (nSPS) is 23.4. The van der Waals surface area contributed by atoms with Gasteiger partial charge in [-0.15, -0.1) is 0 Å². The highest BCUT2D eigenvalue weighted by Gasteiger charge is 2.43. The standard InChI is InChI=1S/C22H25N3O2S/c1-3-25-13-20(28-17-10-8-16(27-2)9-11-17)21(24-25)15-6-4-14(5-7-15)18-12-19(18)22(23)26/h4-6,8-11,13,15,18-19H,3,7,12H2,1-2H3,(H2,23,26). The Bertz CT molecular complexity index is 930. The molecule has 28 heavy (non-hydrogen) atoms. The minimum atomic E-state index is -0.179. The fourth-order valence-corrected chi connectivity index (χ4v) is 4.68. The van der Waals surface area contributed by atoms with Crippen molar-refractivity contribution in [3.63, 3.8) is 0 Å². The number of aromatic nitrogens is 2. The van der Waals surface area contributed by atoms with Gasteiger partial charge in [0, 0.05) is 29.5 Å². The second kappa shape index (κ2) is 7.87. The lowest BCUT2D eigenvalue weighted by Crippen LogP contribution is -2.14. The molecule has 1 aromatic carbocycles. The van der Waals surface area contributed by atoms with Gasteiger partial charge in [0.05, 0.1) is 17.7 Å². The van der Waals surface area contributed by atoms with Gasteiger partial charge < -0.3 is 10.5 Å². The number of hydrogen-bond acceptors (Lipinski definition) is 4. The molecule has 1 heterocycles. The Labute approximate surface area is 169 Å². The summed E-state index contributed by atoms with van der Waals surface area (Å²) >= 11 is 1.73. The summed E-state index contributed by atoms with van der Waals surface area (Å²) in [5.74, 6) is 1.27. The molecule has 4 rings (SSSR count). The maximum atomic E-state index is 11.3. The third-order valence-electron chi connectivity index (χ3n) is 5.43. The number of rotatable bonds is 7. The Hall–Kier alpha value is -2.47. The predicted molar refractivity (Wildman–Crippen MR) is 110 cm³/mol. The van der Waals surface area contributed by atoms with Crippen LogP contribution in [0.5, 0.6) is 5.75 Å². The summed E-state index contributed by atoms with van der Waals surface area (Å²) in [4.78, 5) is 13.7. The molecule has 3 unspecified atom stereocenters. The molecule has 6 heteroatoms. The van der Waals surface area contributed by atoms with Crippen molar-refractivity contribution in [2.24, 2.45) is 17.6 Å². The van der Waals surface area contributed by atoms with Crippen LogP contribution in [0.15, 0.2) is 64.1 Å². The van der Waals surface area contributed by atoms with Crippen molar-refractivity contribution in [2.45, 2.75) is 42.0 Å². The molecule has 1 saturated carbocycles. The van der Waals surface area contributed by atoms with Crippen LogP contribution in [0.2, 0.25) is 0 Å². The average molecular weight is 396 g/mol. The molecule has 2 N–H and O–H groups in total. The first kappa shape index (κ1) is 18.9. The van der Waals surface area contributed by atoms with Gasteiger partial charge >= 0.3 is 0 Å². The molecule has 1 aromatic heterocycles. The quantitative estimate of drug-likeness (QED) is 0.764. The number of amides is 1. The first-order valence-corrected chi connectivity index (χ1v) is 10.5. The number of methoxy groups -OCH3 is 1. The van der Waals surface area contributed by atoms with Crippen LogP contribution in [-0.2, 0) is 11.3 Å². The summed E-state index contributed by atoms with van der Waals surface area (Å²) in [6.07, 6.45) is 10.6. The van der Waals surface area contributed by atoms with Gasteiger partial charge in [-0.25, -0.2) is 0 Å². The minimum Gasteiger partial charge on any atom is -0.497 e. The molecule has 3 atom stereocenters. The molecule has 0 radical (unpaired) electrons. The van der Waals surface area contributed by atoms with Crippen LogP contribution >= 0.6 is 11.8 Å². The fourth-order valence-electron chi connectivity index (χ4n) is 3.68. The zero-order valence-electron chi connectivity index (χ0n) is 16.2. The van der Waals surface area contributed by atoms with Gasteiger partial charge in [-0.3, -0.25) is 9.48 Å². The number of nitrogens with zero attached hydrogens (tertiary/aromatic N) is 2. The second-order valence-electron chi connectivity index (χ2n) is 7.27. The van der Waals surface area contributed by atoms with E-state index in [2.05, 4.69) is 43.5 Å². The van der Waals surface area contributed by atoms with E-state index in [1.807, 2.05) is 16.8 Å². The number of nitrogens with two attached hydrogens (primary N) is 1. The average Bonchev–Trinajstić information content (AvgIpc) is 3.43. The molecule has 2 aliphatic rings. The first-order chi connectivity index (χ1) is 13.6. The molecule has 0 bridgehead atoms. The Morgan fingerprint density at radius 3 is 2.71 bits per heavy atom. The van der Waals surface area contributed by atoms with E-state index >= 15 is 0 Å². The van der Waals surface area contributed by atoms with Gasteiger partial charge in [-0.1, -0.05) is 30.0 Å². The van der Waals surface area contributed by atoms with Crippen LogP contribution in [0, 0.1) is 11.8 Å². The van der Waals surface area contributed by atoms with E-state index < -0.39 is 0 Å². The van der Waals surface area contributed by atoms with Crippen molar-refractivity contribution >= 4 is 17.7 Å². The van der Waals surface area contributed by atoms with Crippen molar-refractivity contribution in [3.8, 4) is 5.75 Å². The summed E-state index contributed by atoms with van der Waals surface area (Å²) in [7, 11) is 1.68. The van der Waals surface area contributed by atoms with Crippen molar-refractivity contribution in [3.05, 3.63) is 60.0 Å². The number of ether oxygens (including phenoxy) is 1. The van der Waals surface area contributed by atoms with Crippen LogP contribution in [0.25, 0.3) is 0 Å². The molecule has 2 aliphatic carbocycles. The number of carbonyl (C=O) groups is 1. The minimum absolute atomic E-state index is 0.0212. The Balaban J connectivity index is 1.50. The zero-order valence-corrected chi connectivity index (χ0v) is 17.0. The maximum absolute atomic E-state index is 11.3. The summed E-state index contributed by atoms with van der Waals surface area (Å²) in [6, 6.07) is 8.10. The summed E-state index contributed by atoms with van der Waals surface area (Å²) in [5, 5.41) is 4.83. The van der Waals surface area contributed by atoms with Crippen molar-refractivity contribution in [2.75, 3.05) is 7.11 Å². The third kappa shape index (κ3) is 3.87. The smallest absolute Gasteiger partial charge is 0.221 e. The van der Waals surface area contributed by atoms with Gasteiger partial charge in [0.15, 0.2) is 0 Å². The number of hydrogen-bond donors (Lipinski definition) is 1. The maximum Gasteiger partial charge on any atom is 0.221 e. The van der Waals surface area contributed by atoms with Crippen LogP contribution in [0.1, 0.15) is 31.4 Å². The monoisotopic (exact) mass is 395 g/mol. The van der Waals surface area contributed by atoms with Crippen molar-refractivity contribution in [1.29, 1.82) is 0 Å². The predicted octanol–water partition coefficient (Wildman–Crippen LogP) is 4.15. The summed E-state index contributed by atoms with van der Waals surface area (Å²) in [6.45, 7) is 2.94. The largest absolute Gasteiger partial charge is 0.497 e. The molecule has 1 amide bonds. The van der Waals surface area contributed by atoms with E-state index in [4.69, 9.17) is 15.6 Å². The van der Waals surface area contributed by atoms with Gasteiger partial charge in [0.25, 0.3) is 0 Å². The number of carbonyl (C=O) groups excluding carboxylic acids is 1. The molecule has 1 fully saturated rings. The Morgan fingerprint density at radius 1 is 1.36 bits per heavy atom. The lowest BCUT2D eigenvalue weighted by Gasteiger charge is -2.16. The molecular weight excluding hydrogens is 370 g/mol. The molecule has 0 aliphatic heterocycles. The molecule has 0 spiro atoms. The lowest BCUT2D eigenvalue weighted by molar-refractivity contribution is -0.119. The highest BCUT2D eigenvalue weighted by atomic mass is 32.2. The van der Waals surface area contributed by atoms with Gasteiger partial charge in [-0.05, 0) is 55.5 Å². The van der Waals surface area contributed by atoms with E-state index in [1.54, 1.807) is 18.9 Å². The molecule has 5 nitrogen and oxygen atoms in total. The van der Waals surface area contributed by atoms with Crippen molar-refractivity contribution < 1.29 is 9.53 Å². The highest BCUT2D eigenvalue weighted by molar-refractivity contribution is 7.99. The van der Waals surface area contributed by atoms with Gasteiger partial charge in [-0.2, -0.15) is 5.10 Å². The summed E-state index contributed by atoms with van der Waals surface area (Å²) in [5.41, 5.74) is 7.79. The molecule has 0 saturated heterocycles. The SMILES string of the molecule is CCn1cc(Sc2ccc(OC)cc2)c(C2C=CC(C3CC3C(N)=O)=CC2)n1. The van der Waals surface area contributed by atoms with Gasteiger partial charge in [0.1, 0.15) is 5.75 Å². The Morgan fingerprint density at radius 2 is 2.14 bits per heavy atom. The zero-order chi connectivity index (χ0) is 19.7. The van der Waals surface area contributed by atoms with E-state index in [0.29, 0.717) is 5.92 Å². The molecule has 146 valence electrons. The number of primary amides is 1. The topological polar surface area (TPSA) is 70.1 Å². The van der Waals surface area contributed by atoms with Crippen LogP contribution < -0.4 is 10.5 Å². The Kier molecular flexibility index (Phi) is 5.31. The van der Waals surface area contributed by atoms with E-state index in [1.165, 1.54) is 10.5 Å². The van der Waals surface area contributed by atoms with Crippen LogP contribution in [0.3, 0.4) is 0 Å².